The van der Waals surface area contributed by atoms with Crippen LogP contribution in [0.3, 0.4) is 0 Å². The normalized spacial score (nSPS) is 28.9. The third-order valence-corrected chi connectivity index (χ3v) is 4.24. The summed E-state index contributed by atoms with van der Waals surface area (Å²) in [7, 11) is 0. The molecule has 1 N–H and O–H groups in total. The fraction of sp³-hybridized carbons (Fsp3) is 0.429. The van der Waals surface area contributed by atoms with Crippen LogP contribution in [0.25, 0.3) is 11.0 Å². The van der Waals surface area contributed by atoms with Crippen LogP contribution in [0.15, 0.2) is 28.9 Å². The molecule has 2 aliphatic heterocycles. The Hall–Kier alpha value is -1.88. The predicted molar refractivity (Wildman–Crippen MR) is 70.7 cm³/mol. The molecule has 0 spiro atoms. The van der Waals surface area contributed by atoms with Crippen molar-refractivity contribution in [3.63, 3.8) is 0 Å². The fourth-order valence-corrected chi connectivity index (χ4v) is 3.24. The minimum absolute atomic E-state index is 0.0826. The molecule has 2 aliphatic rings. The molecule has 2 aromatic rings. The van der Waals surface area contributed by atoms with Gasteiger partial charge in [0.25, 0.3) is 0 Å². The van der Waals surface area contributed by atoms with Crippen molar-refractivity contribution in [1.29, 1.82) is 0 Å². The van der Waals surface area contributed by atoms with Crippen molar-refractivity contribution in [2.75, 3.05) is 25.0 Å². The van der Waals surface area contributed by atoms with Gasteiger partial charge in [0.15, 0.2) is 5.58 Å². The third kappa shape index (κ3) is 1.81. The molecule has 4 rings (SSSR count). The van der Waals surface area contributed by atoms with Crippen molar-refractivity contribution in [3.05, 3.63) is 24.5 Å². The highest BCUT2D eigenvalue weighted by molar-refractivity contribution is 5.94. The Kier molecular flexibility index (Phi) is 2.35. The lowest BCUT2D eigenvalue weighted by atomic mass is 9.92. The van der Waals surface area contributed by atoms with E-state index in [1.807, 2.05) is 12.1 Å². The number of nitrogens with zero attached hydrogens (tertiary/aromatic N) is 2. The van der Waals surface area contributed by atoms with Crippen molar-refractivity contribution in [1.82, 2.24) is 9.88 Å². The van der Waals surface area contributed by atoms with E-state index in [2.05, 4.69) is 15.2 Å². The van der Waals surface area contributed by atoms with Gasteiger partial charge in [0, 0.05) is 30.7 Å². The molecule has 5 heteroatoms. The average molecular weight is 257 g/mol. The van der Waals surface area contributed by atoms with E-state index in [-0.39, 0.29) is 11.8 Å². The maximum atomic E-state index is 12.3. The number of amides is 1. The number of piperidine rings is 1. The van der Waals surface area contributed by atoms with E-state index in [1.54, 1.807) is 12.4 Å². The van der Waals surface area contributed by atoms with Gasteiger partial charge in [0.1, 0.15) is 0 Å². The van der Waals surface area contributed by atoms with Crippen LogP contribution in [0.5, 0.6) is 0 Å². The van der Waals surface area contributed by atoms with Gasteiger partial charge >= 0.3 is 0 Å². The summed E-state index contributed by atoms with van der Waals surface area (Å²) in [5, 5.41) is 3.86. The molecule has 5 nitrogen and oxygen atoms in total. The zero-order chi connectivity index (χ0) is 12.8. The second kappa shape index (κ2) is 4.06. The molecule has 2 fully saturated rings. The summed E-state index contributed by atoms with van der Waals surface area (Å²) >= 11 is 0. The van der Waals surface area contributed by atoms with Crippen molar-refractivity contribution >= 4 is 22.8 Å². The molecule has 0 saturated carbocycles. The summed E-state index contributed by atoms with van der Waals surface area (Å²) in [4.78, 5) is 18.6. The van der Waals surface area contributed by atoms with Crippen LogP contribution in [-0.4, -0.2) is 35.4 Å². The van der Waals surface area contributed by atoms with Crippen molar-refractivity contribution in [3.8, 4) is 0 Å². The van der Waals surface area contributed by atoms with E-state index in [0.29, 0.717) is 17.4 Å². The summed E-state index contributed by atoms with van der Waals surface area (Å²) in [6.45, 7) is 3.10. The molecule has 3 atom stereocenters. The van der Waals surface area contributed by atoms with E-state index in [4.69, 9.17) is 4.42 Å². The van der Waals surface area contributed by atoms with Crippen LogP contribution in [-0.2, 0) is 4.79 Å². The van der Waals surface area contributed by atoms with Crippen LogP contribution in [0.1, 0.15) is 6.42 Å². The molecule has 0 aliphatic carbocycles. The summed E-state index contributed by atoms with van der Waals surface area (Å²) in [5.74, 6) is 1.23. The molecule has 0 radical (unpaired) electrons. The van der Waals surface area contributed by atoms with E-state index < -0.39 is 0 Å². The molecule has 2 bridgehead atoms. The lowest BCUT2D eigenvalue weighted by molar-refractivity contribution is -0.121. The maximum Gasteiger partial charge on any atom is 0.231 e. The lowest BCUT2D eigenvalue weighted by Crippen LogP contribution is -2.33. The standard InChI is InChI=1S/C14H15N3O2/c18-14(11-8-17-4-2-10(11)7-17)16-13-5-9-1-3-15-6-12(9)19-13/h1,3,5-6,10-11H,2,4,7-8H2,(H,16,18). The Morgan fingerprint density at radius 3 is 3.16 bits per heavy atom. The van der Waals surface area contributed by atoms with Gasteiger partial charge in [-0.1, -0.05) is 0 Å². The van der Waals surface area contributed by atoms with Crippen molar-refractivity contribution in [2.24, 2.45) is 11.8 Å². The summed E-state index contributed by atoms with van der Waals surface area (Å²) in [6, 6.07) is 3.72. The smallest absolute Gasteiger partial charge is 0.231 e. The molecule has 0 aromatic carbocycles. The van der Waals surface area contributed by atoms with E-state index in [1.165, 1.54) is 0 Å². The van der Waals surface area contributed by atoms with Crippen molar-refractivity contribution < 1.29 is 9.21 Å². The number of pyridine rings is 1. The molecular formula is C14H15N3O2. The topological polar surface area (TPSA) is 58.4 Å². The molecule has 2 saturated heterocycles. The molecule has 98 valence electrons. The quantitative estimate of drug-likeness (QED) is 0.890. The average Bonchev–Trinajstić information content (AvgIpc) is 3.12. The van der Waals surface area contributed by atoms with Gasteiger partial charge in [0.05, 0.1) is 12.1 Å². The highest BCUT2D eigenvalue weighted by atomic mass is 16.4. The molecule has 4 heterocycles. The van der Waals surface area contributed by atoms with Gasteiger partial charge in [-0.25, -0.2) is 0 Å². The van der Waals surface area contributed by atoms with Crippen LogP contribution in [0.2, 0.25) is 0 Å². The monoisotopic (exact) mass is 257 g/mol. The van der Waals surface area contributed by atoms with Gasteiger partial charge in [-0.15, -0.1) is 0 Å². The number of rotatable bonds is 2. The van der Waals surface area contributed by atoms with Gasteiger partial charge in [-0.3, -0.25) is 15.1 Å². The Morgan fingerprint density at radius 2 is 2.42 bits per heavy atom. The van der Waals surface area contributed by atoms with E-state index >= 15 is 0 Å². The van der Waals surface area contributed by atoms with Crippen LogP contribution in [0.4, 0.5) is 5.88 Å². The fourth-order valence-electron chi connectivity index (χ4n) is 3.24. The molecule has 1 amide bonds. The largest absolute Gasteiger partial charge is 0.439 e. The number of anilines is 1. The van der Waals surface area contributed by atoms with Gasteiger partial charge in [-0.2, -0.15) is 0 Å². The number of aromatic nitrogens is 1. The summed E-state index contributed by atoms with van der Waals surface area (Å²) < 4.78 is 5.57. The number of carbonyl (C=O) groups is 1. The second-order valence-corrected chi connectivity index (χ2v) is 5.43. The van der Waals surface area contributed by atoms with Gasteiger partial charge in [0.2, 0.25) is 11.8 Å². The van der Waals surface area contributed by atoms with Crippen LogP contribution < -0.4 is 5.32 Å². The number of nitrogens with one attached hydrogen (secondary N) is 1. The maximum absolute atomic E-state index is 12.3. The number of fused-ring (bicyclic) bond motifs is 3. The Morgan fingerprint density at radius 1 is 1.47 bits per heavy atom. The highest BCUT2D eigenvalue weighted by Gasteiger charge is 2.41. The predicted octanol–water partition coefficient (Wildman–Crippen LogP) is 1.72. The number of hydrogen-bond acceptors (Lipinski definition) is 4. The molecule has 19 heavy (non-hydrogen) atoms. The van der Waals surface area contributed by atoms with E-state index in [0.717, 1.165) is 31.4 Å². The minimum Gasteiger partial charge on any atom is -0.439 e. The molecule has 3 unspecified atom stereocenters. The number of hydrogen-bond donors (Lipinski definition) is 1. The van der Waals surface area contributed by atoms with Gasteiger partial charge < -0.3 is 9.32 Å². The number of carbonyl (C=O) groups excluding carboxylic acids is 1. The van der Waals surface area contributed by atoms with Gasteiger partial charge in [-0.05, 0) is 24.9 Å². The third-order valence-electron chi connectivity index (χ3n) is 4.24. The Labute approximate surface area is 110 Å². The Balaban J connectivity index is 1.53. The highest BCUT2D eigenvalue weighted by Crippen LogP contribution is 2.34. The van der Waals surface area contributed by atoms with E-state index in [9.17, 15) is 4.79 Å². The SMILES string of the molecule is O=C(Nc1cc2ccncc2o1)C1CN2CCC1C2. The first-order valence-electron chi connectivity index (χ1n) is 6.66. The minimum atomic E-state index is 0.0826. The first-order chi connectivity index (χ1) is 9.29. The first kappa shape index (κ1) is 11.0. The lowest BCUT2D eigenvalue weighted by Gasteiger charge is -2.20. The van der Waals surface area contributed by atoms with Crippen molar-refractivity contribution in [2.45, 2.75) is 6.42 Å². The first-order valence-corrected chi connectivity index (χ1v) is 6.66. The Bertz CT molecular complexity index is 603. The zero-order valence-electron chi connectivity index (χ0n) is 10.5. The van der Waals surface area contributed by atoms with Crippen LogP contribution in [0, 0.1) is 11.8 Å². The second-order valence-electron chi connectivity index (χ2n) is 5.43. The summed E-state index contributed by atoms with van der Waals surface area (Å²) in [5.41, 5.74) is 0.703. The number of furan rings is 1. The molecule has 2 aromatic heterocycles. The summed E-state index contributed by atoms with van der Waals surface area (Å²) in [6.07, 6.45) is 4.52. The zero-order valence-corrected chi connectivity index (χ0v) is 10.5. The molecular weight excluding hydrogens is 242 g/mol. The van der Waals surface area contributed by atoms with Crippen LogP contribution >= 0.6 is 0 Å².